The van der Waals surface area contributed by atoms with Gasteiger partial charge in [-0.05, 0) is 43.2 Å². The van der Waals surface area contributed by atoms with E-state index in [1.165, 1.54) is 19.3 Å². The summed E-state index contributed by atoms with van der Waals surface area (Å²) in [6.45, 7) is 4.26. The first-order valence-corrected chi connectivity index (χ1v) is 10.1. The Bertz CT molecular complexity index is 745. The predicted molar refractivity (Wildman–Crippen MR) is 106 cm³/mol. The third-order valence-corrected chi connectivity index (χ3v) is 6.06. The van der Waals surface area contributed by atoms with E-state index in [9.17, 15) is 4.79 Å². The van der Waals surface area contributed by atoms with Gasteiger partial charge < -0.3 is 14.6 Å². The molecule has 1 aromatic carbocycles. The minimum atomic E-state index is 0.0159. The topological polar surface area (TPSA) is 46.5 Å². The Kier molecular flexibility index (Phi) is 5.60. The first-order valence-electron chi connectivity index (χ1n) is 10.1. The molecule has 0 bridgehead atoms. The van der Waals surface area contributed by atoms with Crippen molar-refractivity contribution in [2.45, 2.75) is 37.6 Å². The first-order chi connectivity index (χ1) is 13.3. The summed E-state index contributed by atoms with van der Waals surface area (Å²) < 4.78 is 7.57. The molecule has 5 nitrogen and oxygen atoms in total. The van der Waals surface area contributed by atoms with E-state index in [0.717, 1.165) is 51.4 Å². The standard InChI is InChI=1S/C22H29N3O2/c26-21(19-7-6-8-20(17-19)24-11-4-5-12-24)23-18-22(9-2-1-3-10-22)25-13-15-27-16-14-25/h4-8,11-12,17H,1-3,9-10,13-16,18H2,(H,23,26). The number of nitrogens with one attached hydrogen (secondary N) is 1. The molecule has 2 fully saturated rings. The molecule has 2 aliphatic rings. The zero-order chi connectivity index (χ0) is 18.5. The van der Waals surface area contributed by atoms with E-state index >= 15 is 0 Å². The van der Waals surface area contributed by atoms with Crippen molar-refractivity contribution in [3.05, 3.63) is 54.4 Å². The molecule has 0 radical (unpaired) electrons. The average Bonchev–Trinajstić information content (AvgIpc) is 3.28. The maximum absolute atomic E-state index is 12.9. The van der Waals surface area contributed by atoms with Gasteiger partial charge in [0.1, 0.15) is 0 Å². The second kappa shape index (κ2) is 8.28. The summed E-state index contributed by atoms with van der Waals surface area (Å²) >= 11 is 0. The maximum atomic E-state index is 12.9. The number of nitrogens with zero attached hydrogens (tertiary/aromatic N) is 2. The lowest BCUT2D eigenvalue weighted by Gasteiger charge is -2.48. The molecule has 0 atom stereocenters. The van der Waals surface area contributed by atoms with Gasteiger partial charge >= 0.3 is 0 Å². The molecule has 1 N–H and O–H groups in total. The molecule has 1 aromatic heterocycles. The second-order valence-electron chi connectivity index (χ2n) is 7.71. The normalized spacial score (nSPS) is 20.3. The Balaban J connectivity index is 1.46. The number of hydrogen-bond acceptors (Lipinski definition) is 3. The molecule has 144 valence electrons. The number of amides is 1. The van der Waals surface area contributed by atoms with Gasteiger partial charge in [0.25, 0.3) is 5.91 Å². The van der Waals surface area contributed by atoms with E-state index in [0.29, 0.717) is 5.56 Å². The maximum Gasteiger partial charge on any atom is 0.251 e. The summed E-state index contributed by atoms with van der Waals surface area (Å²) in [4.78, 5) is 15.4. The third kappa shape index (κ3) is 4.09. The number of aromatic nitrogens is 1. The average molecular weight is 367 g/mol. The van der Waals surface area contributed by atoms with Crippen LogP contribution in [0.25, 0.3) is 5.69 Å². The van der Waals surface area contributed by atoms with Crippen molar-refractivity contribution in [3.63, 3.8) is 0 Å². The number of carbonyl (C=O) groups excluding carboxylic acids is 1. The smallest absolute Gasteiger partial charge is 0.251 e. The van der Waals surface area contributed by atoms with Gasteiger partial charge in [-0.15, -0.1) is 0 Å². The molecule has 1 aliphatic heterocycles. The number of morpholine rings is 1. The minimum Gasteiger partial charge on any atom is -0.379 e. The monoisotopic (exact) mass is 367 g/mol. The fourth-order valence-electron chi connectivity index (χ4n) is 4.51. The fourth-order valence-corrected chi connectivity index (χ4v) is 4.51. The van der Waals surface area contributed by atoms with E-state index < -0.39 is 0 Å². The molecule has 1 amide bonds. The van der Waals surface area contributed by atoms with Gasteiger partial charge in [-0.3, -0.25) is 9.69 Å². The molecular weight excluding hydrogens is 338 g/mol. The highest BCUT2D eigenvalue weighted by molar-refractivity contribution is 5.94. The summed E-state index contributed by atoms with van der Waals surface area (Å²) in [7, 11) is 0. The SMILES string of the molecule is O=C(NCC1(N2CCOCC2)CCCCC1)c1cccc(-n2cccc2)c1. The van der Waals surface area contributed by atoms with Crippen molar-refractivity contribution >= 4 is 5.91 Å². The molecule has 1 aliphatic carbocycles. The molecule has 2 aromatic rings. The summed E-state index contributed by atoms with van der Waals surface area (Å²) in [6.07, 6.45) is 10.1. The molecule has 1 saturated carbocycles. The number of hydrogen-bond donors (Lipinski definition) is 1. The van der Waals surface area contributed by atoms with Gasteiger partial charge in [0.2, 0.25) is 0 Å². The van der Waals surface area contributed by atoms with E-state index in [1.54, 1.807) is 0 Å². The van der Waals surface area contributed by atoms with Crippen LogP contribution in [0.3, 0.4) is 0 Å². The van der Waals surface area contributed by atoms with Crippen LogP contribution < -0.4 is 5.32 Å². The van der Waals surface area contributed by atoms with Gasteiger partial charge in [0.15, 0.2) is 0 Å². The van der Waals surface area contributed by atoms with Crippen molar-refractivity contribution < 1.29 is 9.53 Å². The van der Waals surface area contributed by atoms with Crippen molar-refractivity contribution in [1.82, 2.24) is 14.8 Å². The first kappa shape index (κ1) is 18.3. The van der Waals surface area contributed by atoms with Crippen LogP contribution in [0.1, 0.15) is 42.5 Å². The Morgan fingerprint density at radius 2 is 1.78 bits per heavy atom. The lowest BCUT2D eigenvalue weighted by atomic mass is 9.79. The van der Waals surface area contributed by atoms with Crippen LogP contribution in [0, 0.1) is 0 Å². The van der Waals surface area contributed by atoms with Crippen LogP contribution in [0.4, 0.5) is 0 Å². The van der Waals surface area contributed by atoms with Crippen molar-refractivity contribution in [2.24, 2.45) is 0 Å². The lowest BCUT2D eigenvalue weighted by molar-refractivity contribution is -0.0361. The highest BCUT2D eigenvalue weighted by Gasteiger charge is 2.38. The minimum absolute atomic E-state index is 0.0159. The van der Waals surface area contributed by atoms with Crippen LogP contribution in [0.2, 0.25) is 0 Å². The Morgan fingerprint density at radius 1 is 1.04 bits per heavy atom. The zero-order valence-corrected chi connectivity index (χ0v) is 15.9. The summed E-state index contributed by atoms with van der Waals surface area (Å²) in [5.41, 5.74) is 1.82. The molecule has 5 heteroatoms. The summed E-state index contributed by atoms with van der Waals surface area (Å²) in [5, 5.41) is 3.25. The third-order valence-electron chi connectivity index (χ3n) is 6.06. The number of benzene rings is 1. The van der Waals surface area contributed by atoms with E-state index in [1.807, 2.05) is 53.4 Å². The van der Waals surface area contributed by atoms with E-state index in [2.05, 4.69) is 10.2 Å². The van der Waals surface area contributed by atoms with E-state index in [4.69, 9.17) is 4.74 Å². The fraction of sp³-hybridized carbons (Fsp3) is 0.500. The highest BCUT2D eigenvalue weighted by atomic mass is 16.5. The summed E-state index contributed by atoms with van der Waals surface area (Å²) in [6, 6.07) is 11.8. The van der Waals surface area contributed by atoms with Crippen LogP contribution in [-0.2, 0) is 4.74 Å². The number of ether oxygens (including phenoxy) is 1. The molecule has 0 spiro atoms. The van der Waals surface area contributed by atoms with Crippen LogP contribution >= 0.6 is 0 Å². The number of rotatable bonds is 5. The molecule has 4 rings (SSSR count). The number of carbonyl (C=O) groups is 1. The quantitative estimate of drug-likeness (QED) is 0.882. The molecule has 0 unspecified atom stereocenters. The van der Waals surface area contributed by atoms with Gasteiger partial charge in [-0.2, -0.15) is 0 Å². The largest absolute Gasteiger partial charge is 0.379 e. The predicted octanol–water partition coefficient (Wildman–Crippen LogP) is 3.24. The molecule has 1 saturated heterocycles. The Morgan fingerprint density at radius 3 is 2.52 bits per heavy atom. The zero-order valence-electron chi connectivity index (χ0n) is 15.9. The van der Waals surface area contributed by atoms with E-state index in [-0.39, 0.29) is 11.4 Å². The van der Waals surface area contributed by atoms with Crippen LogP contribution in [0.15, 0.2) is 48.8 Å². The molecular formula is C22H29N3O2. The van der Waals surface area contributed by atoms with Crippen LogP contribution in [0.5, 0.6) is 0 Å². The Hall–Kier alpha value is -2.11. The highest BCUT2D eigenvalue weighted by Crippen LogP contribution is 2.34. The second-order valence-corrected chi connectivity index (χ2v) is 7.71. The van der Waals surface area contributed by atoms with Crippen molar-refractivity contribution in [3.8, 4) is 5.69 Å². The van der Waals surface area contributed by atoms with Crippen molar-refractivity contribution in [2.75, 3.05) is 32.8 Å². The van der Waals surface area contributed by atoms with Gasteiger partial charge in [0.05, 0.1) is 13.2 Å². The van der Waals surface area contributed by atoms with Crippen LogP contribution in [-0.4, -0.2) is 53.8 Å². The Labute approximate surface area is 161 Å². The molecule has 2 heterocycles. The van der Waals surface area contributed by atoms with Gasteiger partial charge in [-0.1, -0.05) is 25.3 Å². The summed E-state index contributed by atoms with van der Waals surface area (Å²) in [5.74, 6) is 0.0159. The van der Waals surface area contributed by atoms with Crippen molar-refractivity contribution in [1.29, 1.82) is 0 Å². The lowest BCUT2D eigenvalue weighted by Crippen LogP contribution is -2.59. The van der Waals surface area contributed by atoms with Gasteiger partial charge in [0, 0.05) is 48.8 Å². The van der Waals surface area contributed by atoms with Gasteiger partial charge in [-0.25, -0.2) is 0 Å². The molecule has 27 heavy (non-hydrogen) atoms.